The lowest BCUT2D eigenvalue weighted by molar-refractivity contribution is -0.121. The van der Waals surface area contributed by atoms with E-state index in [0.29, 0.717) is 24.8 Å². The Bertz CT molecular complexity index is 1010. The maximum absolute atomic E-state index is 12.8. The number of carbonyl (C=O) groups excluding carboxylic acids is 1. The van der Waals surface area contributed by atoms with Crippen LogP contribution in [0.15, 0.2) is 53.1 Å². The fraction of sp³-hybridized carbons (Fsp3) is 0.423. The number of rotatable bonds is 8. The van der Waals surface area contributed by atoms with Crippen molar-refractivity contribution >= 4 is 11.6 Å². The highest BCUT2D eigenvalue weighted by atomic mass is 16.5. The smallest absolute Gasteiger partial charge is 0.241 e. The van der Waals surface area contributed by atoms with Crippen LogP contribution in [0.5, 0.6) is 0 Å². The van der Waals surface area contributed by atoms with Gasteiger partial charge in [-0.1, -0.05) is 60.5 Å². The molecule has 3 aromatic rings. The zero-order valence-electron chi connectivity index (χ0n) is 19.0. The minimum atomic E-state index is -0.0389. The van der Waals surface area contributed by atoms with Gasteiger partial charge in [0.25, 0.3) is 0 Å². The van der Waals surface area contributed by atoms with Crippen molar-refractivity contribution in [3.63, 3.8) is 0 Å². The number of aryl methyl sites for hydroxylation is 2. The molecule has 2 heterocycles. The van der Waals surface area contributed by atoms with E-state index in [0.717, 1.165) is 37.1 Å². The molecule has 168 valence electrons. The van der Waals surface area contributed by atoms with E-state index < -0.39 is 0 Å². The second kappa shape index (κ2) is 10.6. The third kappa shape index (κ3) is 5.82. The van der Waals surface area contributed by atoms with Gasteiger partial charge in [-0.15, -0.1) is 0 Å². The molecule has 1 atom stereocenters. The van der Waals surface area contributed by atoms with Crippen molar-refractivity contribution in [2.45, 2.75) is 52.5 Å². The third-order valence-electron chi connectivity index (χ3n) is 6.05. The Labute approximate surface area is 190 Å². The molecule has 1 aromatic heterocycles. The van der Waals surface area contributed by atoms with Gasteiger partial charge in [-0.25, -0.2) is 0 Å². The van der Waals surface area contributed by atoms with Crippen LogP contribution in [0.3, 0.4) is 0 Å². The van der Waals surface area contributed by atoms with Gasteiger partial charge in [0.2, 0.25) is 17.6 Å². The van der Waals surface area contributed by atoms with Crippen LogP contribution in [0.4, 0.5) is 5.69 Å². The summed E-state index contributed by atoms with van der Waals surface area (Å²) >= 11 is 0. The maximum Gasteiger partial charge on any atom is 0.241 e. The fourth-order valence-electron chi connectivity index (χ4n) is 4.12. The average Bonchev–Trinajstić information content (AvgIpc) is 3.27. The van der Waals surface area contributed by atoms with Crippen LogP contribution in [0.25, 0.3) is 11.4 Å². The summed E-state index contributed by atoms with van der Waals surface area (Å²) < 4.78 is 5.48. The molecule has 2 aromatic carbocycles. The fourth-order valence-corrected chi connectivity index (χ4v) is 4.12. The number of carbonyl (C=O) groups is 1. The zero-order valence-corrected chi connectivity index (χ0v) is 19.0. The summed E-state index contributed by atoms with van der Waals surface area (Å²) in [6.45, 7) is 6.44. The molecule has 1 amide bonds. The van der Waals surface area contributed by atoms with Crippen molar-refractivity contribution in [2.24, 2.45) is 5.92 Å². The molecule has 0 saturated carbocycles. The molecule has 0 spiro atoms. The molecule has 0 aliphatic carbocycles. The van der Waals surface area contributed by atoms with Gasteiger partial charge >= 0.3 is 0 Å². The number of piperidine rings is 1. The predicted octanol–water partition coefficient (Wildman–Crippen LogP) is 5.24. The quantitative estimate of drug-likeness (QED) is 0.527. The van der Waals surface area contributed by atoms with Crippen LogP contribution in [-0.2, 0) is 17.8 Å². The SMILES string of the molecule is CCCCc1ccc(NC(=O)C2CCCN(Cc3nc(-c4ccc(C)cc4)no3)C2)cc1. The monoisotopic (exact) mass is 432 g/mol. The van der Waals surface area contributed by atoms with E-state index in [4.69, 9.17) is 4.52 Å². The Hall–Kier alpha value is -2.99. The van der Waals surface area contributed by atoms with Gasteiger partial charge in [0.05, 0.1) is 12.5 Å². The minimum Gasteiger partial charge on any atom is -0.338 e. The number of hydrogen-bond acceptors (Lipinski definition) is 5. The summed E-state index contributed by atoms with van der Waals surface area (Å²) in [6, 6.07) is 16.3. The molecule has 6 heteroatoms. The normalized spacial score (nSPS) is 16.8. The number of anilines is 1. The first-order valence-corrected chi connectivity index (χ1v) is 11.6. The molecule has 0 bridgehead atoms. The van der Waals surface area contributed by atoms with Crippen LogP contribution in [0.1, 0.15) is 49.6 Å². The van der Waals surface area contributed by atoms with E-state index >= 15 is 0 Å². The van der Waals surface area contributed by atoms with Crippen LogP contribution < -0.4 is 5.32 Å². The molecule has 4 rings (SSSR count). The first-order chi connectivity index (χ1) is 15.6. The molecule has 0 radical (unpaired) electrons. The Kier molecular flexibility index (Phi) is 7.32. The Morgan fingerprint density at radius 2 is 1.94 bits per heavy atom. The van der Waals surface area contributed by atoms with Crippen LogP contribution in [-0.4, -0.2) is 34.0 Å². The number of nitrogens with zero attached hydrogens (tertiary/aromatic N) is 3. The lowest BCUT2D eigenvalue weighted by atomic mass is 9.97. The highest BCUT2D eigenvalue weighted by Crippen LogP contribution is 2.22. The third-order valence-corrected chi connectivity index (χ3v) is 6.05. The summed E-state index contributed by atoms with van der Waals surface area (Å²) in [5, 5.41) is 7.22. The molecule has 6 nitrogen and oxygen atoms in total. The van der Waals surface area contributed by atoms with Gasteiger partial charge in [-0.2, -0.15) is 4.98 Å². The summed E-state index contributed by atoms with van der Waals surface area (Å²) in [5.74, 6) is 1.24. The molecule has 1 aliphatic heterocycles. The summed E-state index contributed by atoms with van der Waals surface area (Å²) in [4.78, 5) is 19.6. The first kappa shape index (κ1) is 22.2. The van der Waals surface area contributed by atoms with Crippen molar-refractivity contribution in [1.29, 1.82) is 0 Å². The Morgan fingerprint density at radius 3 is 2.69 bits per heavy atom. The Morgan fingerprint density at radius 1 is 1.16 bits per heavy atom. The zero-order chi connectivity index (χ0) is 22.3. The van der Waals surface area contributed by atoms with E-state index in [1.54, 1.807) is 0 Å². The summed E-state index contributed by atoms with van der Waals surface area (Å²) in [5.41, 5.74) is 4.33. The molecule has 1 unspecified atom stereocenters. The topological polar surface area (TPSA) is 71.3 Å². The van der Waals surface area contributed by atoms with Crippen molar-refractivity contribution < 1.29 is 9.32 Å². The van der Waals surface area contributed by atoms with Gasteiger partial charge < -0.3 is 9.84 Å². The van der Waals surface area contributed by atoms with Gasteiger partial charge in [-0.05, 0) is 56.8 Å². The minimum absolute atomic E-state index is 0.0389. The van der Waals surface area contributed by atoms with E-state index in [2.05, 4.69) is 46.3 Å². The highest BCUT2D eigenvalue weighted by molar-refractivity contribution is 5.92. The van der Waals surface area contributed by atoms with E-state index in [-0.39, 0.29) is 11.8 Å². The van der Waals surface area contributed by atoms with Gasteiger partial charge in [0.1, 0.15) is 0 Å². The van der Waals surface area contributed by atoms with E-state index in [9.17, 15) is 4.79 Å². The summed E-state index contributed by atoms with van der Waals surface area (Å²) in [6.07, 6.45) is 5.34. The van der Waals surface area contributed by atoms with Crippen molar-refractivity contribution in [2.75, 3.05) is 18.4 Å². The molecule has 1 saturated heterocycles. The number of unbranched alkanes of at least 4 members (excludes halogenated alkanes) is 1. The number of benzene rings is 2. The molecular weight excluding hydrogens is 400 g/mol. The number of aromatic nitrogens is 2. The number of hydrogen-bond donors (Lipinski definition) is 1. The first-order valence-electron chi connectivity index (χ1n) is 11.6. The largest absolute Gasteiger partial charge is 0.338 e. The van der Waals surface area contributed by atoms with E-state index in [1.807, 2.05) is 36.4 Å². The number of amides is 1. The molecule has 32 heavy (non-hydrogen) atoms. The second-order valence-corrected chi connectivity index (χ2v) is 8.74. The van der Waals surface area contributed by atoms with Crippen molar-refractivity contribution in [3.05, 3.63) is 65.5 Å². The van der Waals surface area contributed by atoms with Crippen molar-refractivity contribution in [1.82, 2.24) is 15.0 Å². The number of nitrogens with one attached hydrogen (secondary N) is 1. The standard InChI is InChI=1S/C26H32N4O2/c1-3-4-6-20-10-14-23(15-11-20)27-26(31)22-7-5-16-30(17-22)18-24-28-25(29-32-24)21-12-8-19(2)9-13-21/h8-15,22H,3-7,16-18H2,1-2H3,(H,27,31). The lowest BCUT2D eigenvalue weighted by Crippen LogP contribution is -2.40. The van der Waals surface area contributed by atoms with E-state index in [1.165, 1.54) is 24.0 Å². The molecular formula is C26H32N4O2. The van der Waals surface area contributed by atoms with Gasteiger partial charge in [-0.3, -0.25) is 9.69 Å². The average molecular weight is 433 g/mol. The molecule has 1 aliphatic rings. The Balaban J connectivity index is 1.31. The lowest BCUT2D eigenvalue weighted by Gasteiger charge is -2.30. The summed E-state index contributed by atoms with van der Waals surface area (Å²) in [7, 11) is 0. The molecule has 1 fully saturated rings. The molecule has 1 N–H and O–H groups in total. The van der Waals surface area contributed by atoms with Gasteiger partial charge in [0.15, 0.2) is 0 Å². The van der Waals surface area contributed by atoms with Crippen molar-refractivity contribution in [3.8, 4) is 11.4 Å². The van der Waals surface area contributed by atoms with Crippen LogP contribution in [0, 0.1) is 12.8 Å². The second-order valence-electron chi connectivity index (χ2n) is 8.74. The predicted molar refractivity (Wildman–Crippen MR) is 126 cm³/mol. The van der Waals surface area contributed by atoms with Gasteiger partial charge in [0, 0.05) is 17.8 Å². The highest BCUT2D eigenvalue weighted by Gasteiger charge is 2.27. The maximum atomic E-state index is 12.8. The van der Waals surface area contributed by atoms with Crippen LogP contribution in [0.2, 0.25) is 0 Å². The number of likely N-dealkylation sites (tertiary alicyclic amines) is 1. The van der Waals surface area contributed by atoms with Crippen LogP contribution >= 0.6 is 0 Å².